The maximum atomic E-state index is 12.1. The van der Waals surface area contributed by atoms with Gasteiger partial charge in [0.25, 0.3) is 0 Å². The van der Waals surface area contributed by atoms with Crippen molar-refractivity contribution >= 4 is 16.7 Å². The lowest BCUT2D eigenvalue weighted by Gasteiger charge is -2.57. The van der Waals surface area contributed by atoms with Gasteiger partial charge in [0.1, 0.15) is 11.5 Å². The van der Waals surface area contributed by atoms with Crippen molar-refractivity contribution in [3.8, 4) is 22.6 Å². The Labute approximate surface area is 212 Å². The van der Waals surface area contributed by atoms with Crippen LogP contribution in [0.25, 0.3) is 21.9 Å². The molecule has 1 N–H and O–H groups in total. The molecule has 0 amide bonds. The first-order chi connectivity index (χ1) is 17.5. The third-order valence-corrected chi connectivity index (χ3v) is 8.82. The second-order valence-electron chi connectivity index (χ2n) is 11.1. The van der Waals surface area contributed by atoms with E-state index in [-0.39, 0.29) is 17.8 Å². The molecule has 3 aromatic rings. The molecule has 0 spiro atoms. The number of hydrogen-bond acceptors (Lipinski definition) is 4. The lowest BCUT2D eigenvalue weighted by Crippen LogP contribution is -2.48. The van der Waals surface area contributed by atoms with Crippen molar-refractivity contribution in [1.29, 1.82) is 0 Å². The fraction of sp³-hybridized carbons (Fsp3) is 0.452. The average Bonchev–Trinajstić information content (AvgIpc) is 2.86. The van der Waals surface area contributed by atoms with Gasteiger partial charge in [0.15, 0.2) is 6.79 Å². The highest BCUT2D eigenvalue weighted by Crippen LogP contribution is 2.62. The predicted molar refractivity (Wildman–Crippen MR) is 140 cm³/mol. The van der Waals surface area contributed by atoms with Crippen LogP contribution in [0.4, 0.5) is 0 Å². The molecule has 0 aliphatic heterocycles. The van der Waals surface area contributed by atoms with E-state index in [2.05, 4.69) is 24.3 Å². The predicted octanol–water partition coefficient (Wildman–Crippen LogP) is 7.05. The molecule has 0 unspecified atom stereocenters. The number of rotatable bonds is 8. The first kappa shape index (κ1) is 23.4. The summed E-state index contributed by atoms with van der Waals surface area (Å²) >= 11 is 0. The molecule has 188 valence electrons. The Hall–Kier alpha value is -3.05. The molecule has 4 fully saturated rings. The molecule has 4 aliphatic carbocycles. The number of fused-ring (bicyclic) bond motifs is 1. The Balaban J connectivity index is 1.47. The molecule has 0 aromatic heterocycles. The number of benzene rings is 3. The lowest BCUT2D eigenvalue weighted by molar-refractivity contribution is -0.00609. The van der Waals surface area contributed by atoms with Gasteiger partial charge in [-0.05, 0) is 115 Å². The van der Waals surface area contributed by atoms with Gasteiger partial charge in [0, 0.05) is 17.7 Å². The van der Waals surface area contributed by atoms with Gasteiger partial charge in [-0.3, -0.25) is 0 Å². The highest BCUT2D eigenvalue weighted by atomic mass is 16.7. The minimum atomic E-state index is -0.976. The fourth-order valence-corrected chi connectivity index (χ4v) is 7.77. The van der Waals surface area contributed by atoms with E-state index in [9.17, 15) is 9.90 Å². The van der Waals surface area contributed by atoms with Crippen LogP contribution in [-0.4, -0.2) is 31.6 Å². The Bertz CT molecular complexity index is 1270. The molecular weight excluding hydrogens is 452 g/mol. The Kier molecular flexibility index (Phi) is 5.91. The highest BCUT2D eigenvalue weighted by Gasteiger charge is 2.52. The summed E-state index contributed by atoms with van der Waals surface area (Å²) in [5.74, 6) is 3.05. The molecule has 4 aliphatic rings. The molecule has 0 atom stereocenters. The number of hydrogen-bond donors (Lipinski definition) is 1. The normalized spacial score (nSPS) is 26.3. The third-order valence-electron chi connectivity index (χ3n) is 8.82. The molecule has 4 saturated carbocycles. The minimum absolute atomic E-state index is 0.0769. The zero-order chi connectivity index (χ0) is 24.9. The highest BCUT2D eigenvalue weighted by molar-refractivity contribution is 6.00. The standard InChI is InChI=1S/C31H34O5/c1-3-35-18-36-27-6-4-5-25(30(32)33)29(27)23-8-7-22-14-28(34-2)26(13-24(22)12-23)31-15-19-9-20(16-31)11-21(10-19)17-31/h4-8,12-14,19-21H,3,9-11,15-18H2,1-2H3,(H,32,33). The van der Waals surface area contributed by atoms with Crippen LogP contribution in [0.5, 0.6) is 11.5 Å². The monoisotopic (exact) mass is 486 g/mol. The number of carbonyl (C=O) groups is 1. The summed E-state index contributed by atoms with van der Waals surface area (Å²) in [7, 11) is 1.78. The minimum Gasteiger partial charge on any atom is -0.496 e. The molecule has 0 heterocycles. The summed E-state index contributed by atoms with van der Waals surface area (Å²) in [5.41, 5.74) is 3.17. The summed E-state index contributed by atoms with van der Waals surface area (Å²) in [6.07, 6.45) is 7.98. The van der Waals surface area contributed by atoms with E-state index in [0.717, 1.165) is 39.8 Å². The zero-order valence-electron chi connectivity index (χ0n) is 21.1. The Morgan fingerprint density at radius 3 is 2.31 bits per heavy atom. The van der Waals surface area contributed by atoms with Crippen molar-refractivity contribution in [3.05, 3.63) is 59.7 Å². The van der Waals surface area contributed by atoms with E-state index in [4.69, 9.17) is 14.2 Å². The van der Waals surface area contributed by atoms with Gasteiger partial charge < -0.3 is 19.3 Å². The second kappa shape index (κ2) is 9.11. The average molecular weight is 487 g/mol. The van der Waals surface area contributed by atoms with Crippen LogP contribution in [0, 0.1) is 17.8 Å². The number of carboxylic acids is 1. The number of carboxylic acid groups (broad SMARTS) is 1. The van der Waals surface area contributed by atoms with Gasteiger partial charge in [-0.25, -0.2) is 4.79 Å². The maximum Gasteiger partial charge on any atom is 0.336 e. The van der Waals surface area contributed by atoms with Crippen LogP contribution in [0.15, 0.2) is 48.5 Å². The van der Waals surface area contributed by atoms with Gasteiger partial charge in [-0.15, -0.1) is 0 Å². The van der Waals surface area contributed by atoms with E-state index >= 15 is 0 Å². The van der Waals surface area contributed by atoms with Gasteiger partial charge in [0.2, 0.25) is 0 Å². The van der Waals surface area contributed by atoms with Gasteiger partial charge in [0.05, 0.1) is 12.7 Å². The van der Waals surface area contributed by atoms with Crippen LogP contribution in [0.3, 0.4) is 0 Å². The van der Waals surface area contributed by atoms with Gasteiger partial charge in [-0.2, -0.15) is 0 Å². The summed E-state index contributed by atoms with van der Waals surface area (Å²) in [5, 5.41) is 12.1. The van der Waals surface area contributed by atoms with Crippen molar-refractivity contribution in [2.45, 2.75) is 50.9 Å². The topological polar surface area (TPSA) is 65.0 Å². The fourth-order valence-electron chi connectivity index (χ4n) is 7.77. The molecule has 5 heteroatoms. The van der Waals surface area contributed by atoms with Crippen molar-refractivity contribution < 1.29 is 24.1 Å². The van der Waals surface area contributed by atoms with E-state index in [1.807, 2.05) is 13.0 Å². The van der Waals surface area contributed by atoms with Crippen molar-refractivity contribution in [3.63, 3.8) is 0 Å². The first-order valence-electron chi connectivity index (χ1n) is 13.2. The zero-order valence-corrected chi connectivity index (χ0v) is 21.1. The summed E-state index contributed by atoms with van der Waals surface area (Å²) in [6.45, 7) is 2.50. The largest absolute Gasteiger partial charge is 0.496 e. The second-order valence-corrected chi connectivity index (χ2v) is 11.1. The number of methoxy groups -OCH3 is 1. The van der Waals surface area contributed by atoms with Crippen molar-refractivity contribution in [2.24, 2.45) is 17.8 Å². The molecule has 4 bridgehead atoms. The molecule has 36 heavy (non-hydrogen) atoms. The van der Waals surface area contributed by atoms with E-state index < -0.39 is 5.97 Å². The molecule has 5 nitrogen and oxygen atoms in total. The van der Waals surface area contributed by atoms with Crippen LogP contribution in [-0.2, 0) is 10.2 Å². The van der Waals surface area contributed by atoms with E-state index in [0.29, 0.717) is 17.9 Å². The first-order valence-corrected chi connectivity index (χ1v) is 13.2. The number of ether oxygens (including phenoxy) is 3. The quantitative estimate of drug-likeness (QED) is 0.273. The molecular formula is C31H34O5. The lowest BCUT2D eigenvalue weighted by atomic mass is 9.48. The number of aromatic carboxylic acids is 1. The maximum absolute atomic E-state index is 12.1. The smallest absolute Gasteiger partial charge is 0.336 e. The van der Waals surface area contributed by atoms with Crippen LogP contribution in [0.2, 0.25) is 0 Å². The van der Waals surface area contributed by atoms with Crippen LogP contribution < -0.4 is 9.47 Å². The molecule has 7 rings (SSSR count). The SMILES string of the molecule is CCOCOc1cccc(C(=O)O)c1-c1ccc2cc(OC)c(C34CC5CC(CC(C5)C3)C4)cc2c1. The van der Waals surface area contributed by atoms with Gasteiger partial charge >= 0.3 is 5.97 Å². The summed E-state index contributed by atoms with van der Waals surface area (Å²) < 4.78 is 17.2. The Morgan fingerprint density at radius 2 is 1.67 bits per heavy atom. The molecule has 0 radical (unpaired) electrons. The van der Waals surface area contributed by atoms with E-state index in [1.165, 1.54) is 44.1 Å². The summed E-state index contributed by atoms with van der Waals surface area (Å²) in [6, 6.07) is 15.8. The van der Waals surface area contributed by atoms with Crippen molar-refractivity contribution in [2.75, 3.05) is 20.5 Å². The van der Waals surface area contributed by atoms with Crippen LogP contribution in [0.1, 0.15) is 61.4 Å². The molecule has 3 aromatic carbocycles. The third kappa shape index (κ3) is 3.94. The van der Waals surface area contributed by atoms with Crippen LogP contribution >= 0.6 is 0 Å². The Morgan fingerprint density at radius 1 is 0.944 bits per heavy atom. The summed E-state index contributed by atoms with van der Waals surface area (Å²) in [4.78, 5) is 12.1. The van der Waals surface area contributed by atoms with Crippen molar-refractivity contribution in [1.82, 2.24) is 0 Å². The van der Waals surface area contributed by atoms with Gasteiger partial charge in [-0.1, -0.05) is 18.2 Å². The van der Waals surface area contributed by atoms with E-state index in [1.54, 1.807) is 25.3 Å². The molecule has 0 saturated heterocycles.